The van der Waals surface area contributed by atoms with Gasteiger partial charge in [0.25, 0.3) is 0 Å². The number of aliphatic hydroxyl groups is 4. The van der Waals surface area contributed by atoms with E-state index in [1.54, 1.807) is 0 Å². The molecule has 4 rings (SSSR count). The standard InChI is InChI=1S/C22H22O11/c1-30-10-5-12(25)18-13(26)7-14(31-16(18)6-10)9-2-3-11(24)15(4-9)32-22-21(29)20(28)19(27)17(8-23)33-22/h2-7,17,19-25,27-29H,8H2,1H3. The maximum absolute atomic E-state index is 12.6. The molecule has 0 radical (unpaired) electrons. The van der Waals surface area contributed by atoms with E-state index in [-0.39, 0.29) is 39.7 Å². The van der Waals surface area contributed by atoms with Gasteiger partial charge in [-0.1, -0.05) is 0 Å². The van der Waals surface area contributed by atoms with E-state index >= 15 is 0 Å². The Kier molecular flexibility index (Phi) is 6.15. The number of rotatable bonds is 5. The van der Waals surface area contributed by atoms with Crippen LogP contribution in [0.5, 0.6) is 23.0 Å². The Bertz CT molecular complexity index is 1220. The molecule has 0 amide bonds. The molecule has 0 aliphatic carbocycles. The van der Waals surface area contributed by atoms with Crippen LogP contribution < -0.4 is 14.9 Å². The van der Waals surface area contributed by atoms with Crippen molar-refractivity contribution >= 4 is 11.0 Å². The maximum atomic E-state index is 12.6. The predicted molar refractivity (Wildman–Crippen MR) is 112 cm³/mol. The summed E-state index contributed by atoms with van der Waals surface area (Å²) in [4.78, 5) is 12.6. The first-order chi connectivity index (χ1) is 15.7. The molecular weight excluding hydrogens is 440 g/mol. The fourth-order valence-electron chi connectivity index (χ4n) is 3.56. The SMILES string of the molecule is COc1cc(O)c2c(=O)cc(-c3ccc(O)c(OC4OC(CO)C(O)C(O)C4O)c3)oc2c1. The Morgan fingerprint density at radius 1 is 0.970 bits per heavy atom. The van der Waals surface area contributed by atoms with Crippen molar-refractivity contribution in [3.63, 3.8) is 0 Å². The number of aliphatic hydroxyl groups excluding tert-OH is 4. The summed E-state index contributed by atoms with van der Waals surface area (Å²) in [7, 11) is 1.39. The Balaban J connectivity index is 1.70. The Hall–Kier alpha value is -3.35. The van der Waals surface area contributed by atoms with Crippen molar-refractivity contribution in [2.75, 3.05) is 13.7 Å². The monoisotopic (exact) mass is 462 g/mol. The molecule has 2 heterocycles. The van der Waals surface area contributed by atoms with E-state index in [1.807, 2.05) is 0 Å². The second-order valence-electron chi connectivity index (χ2n) is 7.49. The minimum atomic E-state index is -1.68. The fourth-order valence-corrected chi connectivity index (χ4v) is 3.56. The number of aromatic hydroxyl groups is 2. The largest absolute Gasteiger partial charge is 0.507 e. The van der Waals surface area contributed by atoms with Crippen molar-refractivity contribution < 1.29 is 49.3 Å². The van der Waals surface area contributed by atoms with Gasteiger partial charge in [-0.2, -0.15) is 0 Å². The number of fused-ring (bicyclic) bond motifs is 1. The van der Waals surface area contributed by atoms with Gasteiger partial charge >= 0.3 is 0 Å². The van der Waals surface area contributed by atoms with Gasteiger partial charge in [-0.3, -0.25) is 4.79 Å². The third-order valence-corrected chi connectivity index (χ3v) is 5.35. The lowest BCUT2D eigenvalue weighted by Crippen LogP contribution is -2.60. The van der Waals surface area contributed by atoms with E-state index in [0.717, 1.165) is 6.07 Å². The quantitative estimate of drug-likeness (QED) is 0.302. The summed E-state index contributed by atoms with van der Waals surface area (Å²) in [6.07, 6.45) is -7.62. The molecule has 11 nitrogen and oxygen atoms in total. The summed E-state index contributed by atoms with van der Waals surface area (Å²) in [5.74, 6) is -0.482. The highest BCUT2D eigenvalue weighted by atomic mass is 16.7. The van der Waals surface area contributed by atoms with Gasteiger partial charge in [-0.25, -0.2) is 0 Å². The number of ether oxygens (including phenoxy) is 3. The van der Waals surface area contributed by atoms with E-state index in [2.05, 4.69) is 0 Å². The summed E-state index contributed by atoms with van der Waals surface area (Å²) >= 11 is 0. The molecule has 33 heavy (non-hydrogen) atoms. The number of hydrogen-bond acceptors (Lipinski definition) is 11. The summed E-state index contributed by atoms with van der Waals surface area (Å²) in [6.45, 7) is -0.643. The molecule has 176 valence electrons. The second-order valence-corrected chi connectivity index (χ2v) is 7.49. The first-order valence-electron chi connectivity index (χ1n) is 9.89. The van der Waals surface area contributed by atoms with Gasteiger partial charge in [0.15, 0.2) is 16.9 Å². The van der Waals surface area contributed by atoms with E-state index in [1.165, 1.54) is 37.4 Å². The first kappa shape index (κ1) is 22.8. The van der Waals surface area contributed by atoms with Crippen LogP contribution in [-0.2, 0) is 4.74 Å². The average molecular weight is 462 g/mol. The molecule has 6 N–H and O–H groups in total. The van der Waals surface area contributed by atoms with Crippen molar-refractivity contribution in [1.82, 2.24) is 0 Å². The molecule has 1 aliphatic heterocycles. The smallest absolute Gasteiger partial charge is 0.229 e. The van der Waals surface area contributed by atoms with Crippen molar-refractivity contribution in [2.24, 2.45) is 0 Å². The van der Waals surface area contributed by atoms with Crippen molar-refractivity contribution in [3.05, 3.63) is 46.6 Å². The molecule has 2 aromatic carbocycles. The molecular formula is C22H22O11. The van der Waals surface area contributed by atoms with Crippen molar-refractivity contribution in [2.45, 2.75) is 30.7 Å². The molecule has 1 saturated heterocycles. The summed E-state index contributed by atoms with van der Waals surface area (Å²) < 4.78 is 21.6. The minimum Gasteiger partial charge on any atom is -0.507 e. The van der Waals surface area contributed by atoms with Crippen LogP contribution in [0.3, 0.4) is 0 Å². The third kappa shape index (κ3) is 4.19. The van der Waals surface area contributed by atoms with Crippen LogP contribution in [0.1, 0.15) is 0 Å². The lowest BCUT2D eigenvalue weighted by Gasteiger charge is -2.39. The molecule has 0 saturated carbocycles. The Labute approximate surface area is 186 Å². The minimum absolute atomic E-state index is 0.0314. The zero-order valence-electron chi connectivity index (χ0n) is 17.3. The number of phenols is 2. The van der Waals surface area contributed by atoms with Gasteiger partial charge in [0.1, 0.15) is 52.6 Å². The molecule has 1 aromatic heterocycles. The molecule has 5 unspecified atom stereocenters. The topological polar surface area (TPSA) is 179 Å². The van der Waals surface area contributed by atoms with Crippen molar-refractivity contribution in [1.29, 1.82) is 0 Å². The zero-order chi connectivity index (χ0) is 23.9. The number of phenolic OH excluding ortho intramolecular Hbond substituents is 2. The maximum Gasteiger partial charge on any atom is 0.229 e. The lowest BCUT2D eigenvalue weighted by molar-refractivity contribution is -0.277. The predicted octanol–water partition coefficient (Wildman–Crippen LogP) is 0.0585. The Morgan fingerprint density at radius 2 is 1.73 bits per heavy atom. The molecule has 1 fully saturated rings. The summed E-state index contributed by atoms with van der Waals surface area (Å²) in [5.41, 5.74) is -0.150. The van der Waals surface area contributed by atoms with Crippen LogP contribution in [-0.4, -0.2) is 75.1 Å². The van der Waals surface area contributed by atoms with Crippen LogP contribution in [0.4, 0.5) is 0 Å². The second kappa shape index (κ2) is 8.89. The van der Waals surface area contributed by atoms with Crippen LogP contribution in [0, 0.1) is 0 Å². The van der Waals surface area contributed by atoms with Gasteiger partial charge in [-0.15, -0.1) is 0 Å². The van der Waals surface area contributed by atoms with Crippen LogP contribution in [0.2, 0.25) is 0 Å². The highest BCUT2D eigenvalue weighted by Gasteiger charge is 2.45. The van der Waals surface area contributed by atoms with Crippen LogP contribution >= 0.6 is 0 Å². The molecule has 0 bridgehead atoms. The average Bonchev–Trinajstić information content (AvgIpc) is 2.79. The summed E-state index contributed by atoms with van der Waals surface area (Å²) in [6, 6.07) is 7.87. The zero-order valence-corrected chi connectivity index (χ0v) is 17.3. The Morgan fingerprint density at radius 3 is 2.42 bits per heavy atom. The molecule has 11 heteroatoms. The molecule has 0 spiro atoms. The summed E-state index contributed by atoms with van der Waals surface area (Å²) in [5, 5.41) is 59.6. The number of methoxy groups -OCH3 is 1. The van der Waals surface area contributed by atoms with E-state index < -0.39 is 42.7 Å². The normalized spacial score (nSPS) is 25.2. The highest BCUT2D eigenvalue weighted by Crippen LogP contribution is 2.36. The van der Waals surface area contributed by atoms with Crippen LogP contribution in [0.15, 0.2) is 45.6 Å². The van der Waals surface area contributed by atoms with E-state index in [0.29, 0.717) is 5.56 Å². The van der Waals surface area contributed by atoms with Gasteiger partial charge in [0.05, 0.1) is 13.7 Å². The number of hydrogen-bond donors (Lipinski definition) is 6. The highest BCUT2D eigenvalue weighted by molar-refractivity contribution is 5.86. The number of benzene rings is 2. The van der Waals surface area contributed by atoms with E-state index in [4.69, 9.17) is 18.6 Å². The first-order valence-corrected chi connectivity index (χ1v) is 9.89. The molecule has 1 aliphatic rings. The fraction of sp³-hybridized carbons (Fsp3) is 0.318. The van der Waals surface area contributed by atoms with Crippen LogP contribution in [0.25, 0.3) is 22.3 Å². The molecule has 3 aromatic rings. The third-order valence-electron chi connectivity index (χ3n) is 5.35. The van der Waals surface area contributed by atoms with Crippen molar-refractivity contribution in [3.8, 4) is 34.3 Å². The van der Waals surface area contributed by atoms with E-state index in [9.17, 15) is 35.4 Å². The molecule has 5 atom stereocenters. The van der Waals surface area contributed by atoms with Gasteiger partial charge in [0.2, 0.25) is 6.29 Å². The van der Waals surface area contributed by atoms with Gasteiger partial charge in [-0.05, 0) is 18.2 Å². The van der Waals surface area contributed by atoms with Gasteiger partial charge < -0.3 is 49.3 Å². The van der Waals surface area contributed by atoms with Gasteiger partial charge in [0, 0.05) is 23.8 Å². The lowest BCUT2D eigenvalue weighted by atomic mass is 9.99.